The van der Waals surface area contributed by atoms with Crippen molar-refractivity contribution in [2.24, 2.45) is 0 Å². The number of carbonyl (C=O) groups is 1. The number of rotatable bonds is 4. The molecule has 0 unspecified atom stereocenters. The van der Waals surface area contributed by atoms with E-state index in [9.17, 15) is 4.79 Å². The molecule has 0 aliphatic heterocycles. The number of nitrogens with zero attached hydrogens (tertiary/aromatic N) is 1. The van der Waals surface area contributed by atoms with Crippen LogP contribution in [0.2, 0.25) is 5.02 Å². The number of amides is 1. The van der Waals surface area contributed by atoms with Crippen LogP contribution in [0.25, 0.3) is 0 Å². The number of ether oxygens (including phenoxy) is 1. The monoisotopic (exact) mass is 334 g/mol. The van der Waals surface area contributed by atoms with E-state index >= 15 is 0 Å². The van der Waals surface area contributed by atoms with Crippen molar-refractivity contribution >= 4 is 23.4 Å². The van der Waals surface area contributed by atoms with Gasteiger partial charge in [-0.05, 0) is 63.3 Å². The lowest BCUT2D eigenvalue weighted by Gasteiger charge is -2.15. The van der Waals surface area contributed by atoms with Crippen molar-refractivity contribution in [1.82, 2.24) is 5.16 Å². The van der Waals surface area contributed by atoms with Gasteiger partial charge in [0.25, 0.3) is 5.91 Å². The fourth-order valence-corrected chi connectivity index (χ4v) is 2.77. The summed E-state index contributed by atoms with van der Waals surface area (Å²) in [4.78, 5) is 12.3. The van der Waals surface area contributed by atoms with E-state index in [1.54, 1.807) is 19.1 Å². The number of hydrogen-bond acceptors (Lipinski definition) is 4. The van der Waals surface area contributed by atoms with Crippen molar-refractivity contribution in [3.8, 4) is 5.75 Å². The zero-order valence-corrected chi connectivity index (χ0v) is 13.9. The molecule has 2 aromatic rings. The molecule has 1 aliphatic carbocycles. The maximum Gasteiger partial charge on any atom is 0.267 e. The Balaban J connectivity index is 1.65. The molecule has 0 radical (unpaired) electrons. The lowest BCUT2D eigenvalue weighted by molar-refractivity contribution is -0.122. The molecule has 23 heavy (non-hydrogen) atoms. The van der Waals surface area contributed by atoms with Crippen molar-refractivity contribution in [2.75, 3.05) is 5.32 Å². The number of fused-ring (bicyclic) bond motifs is 1. The lowest BCUT2D eigenvalue weighted by Crippen LogP contribution is -2.30. The van der Waals surface area contributed by atoms with E-state index in [2.05, 4.69) is 10.5 Å². The molecule has 1 amide bonds. The van der Waals surface area contributed by atoms with E-state index < -0.39 is 6.10 Å². The molecule has 6 heteroatoms. The summed E-state index contributed by atoms with van der Waals surface area (Å²) in [5.74, 6) is 0.795. The average Bonchev–Trinajstić information content (AvgIpc) is 2.94. The average molecular weight is 335 g/mol. The number of hydrogen-bond donors (Lipinski definition) is 1. The van der Waals surface area contributed by atoms with Gasteiger partial charge in [0.2, 0.25) is 5.88 Å². The minimum atomic E-state index is -0.653. The van der Waals surface area contributed by atoms with Crippen molar-refractivity contribution in [1.29, 1.82) is 0 Å². The van der Waals surface area contributed by atoms with Gasteiger partial charge in [-0.25, -0.2) is 0 Å². The highest BCUT2D eigenvalue weighted by Crippen LogP contribution is 2.28. The Morgan fingerprint density at radius 1 is 1.39 bits per heavy atom. The smallest absolute Gasteiger partial charge is 0.267 e. The van der Waals surface area contributed by atoms with Crippen LogP contribution in [0.4, 0.5) is 5.88 Å². The summed E-state index contributed by atoms with van der Waals surface area (Å²) in [5, 5.41) is 7.48. The maximum atomic E-state index is 12.3. The fraction of sp³-hybridized carbons (Fsp3) is 0.412. The highest BCUT2D eigenvalue weighted by Gasteiger charge is 2.23. The second-order valence-electron chi connectivity index (χ2n) is 5.80. The summed E-state index contributed by atoms with van der Waals surface area (Å²) in [7, 11) is 0. The van der Waals surface area contributed by atoms with E-state index in [1.165, 1.54) is 0 Å². The molecule has 0 saturated carbocycles. The molecule has 5 nitrogen and oxygen atoms in total. The second kappa shape index (κ2) is 6.62. The topological polar surface area (TPSA) is 64.4 Å². The first-order chi connectivity index (χ1) is 11.0. The van der Waals surface area contributed by atoms with E-state index in [4.69, 9.17) is 20.9 Å². The molecule has 0 bridgehead atoms. The summed E-state index contributed by atoms with van der Waals surface area (Å²) in [6, 6.07) is 5.31. The van der Waals surface area contributed by atoms with Gasteiger partial charge in [0.05, 0.1) is 5.69 Å². The van der Waals surface area contributed by atoms with Gasteiger partial charge in [0.15, 0.2) is 6.10 Å². The molecule has 0 saturated heterocycles. The van der Waals surface area contributed by atoms with Crippen LogP contribution in [0.5, 0.6) is 5.75 Å². The summed E-state index contributed by atoms with van der Waals surface area (Å²) in [6.45, 7) is 3.59. The van der Waals surface area contributed by atoms with Crippen molar-refractivity contribution in [3.63, 3.8) is 0 Å². The Morgan fingerprint density at radius 2 is 2.17 bits per heavy atom. The molecular weight excluding hydrogens is 316 g/mol. The predicted octanol–water partition coefficient (Wildman–Crippen LogP) is 3.92. The summed E-state index contributed by atoms with van der Waals surface area (Å²) < 4.78 is 10.9. The third-order valence-corrected chi connectivity index (χ3v) is 4.43. The highest BCUT2D eigenvalue weighted by atomic mass is 35.5. The van der Waals surface area contributed by atoms with Gasteiger partial charge in [-0.2, -0.15) is 0 Å². The molecule has 0 fully saturated rings. The van der Waals surface area contributed by atoms with E-state index in [0.29, 0.717) is 16.7 Å². The summed E-state index contributed by atoms with van der Waals surface area (Å²) in [5.41, 5.74) is 2.87. The molecule has 3 rings (SSSR count). The van der Waals surface area contributed by atoms with Gasteiger partial charge in [-0.1, -0.05) is 16.8 Å². The van der Waals surface area contributed by atoms with Gasteiger partial charge < -0.3 is 9.26 Å². The van der Waals surface area contributed by atoms with Gasteiger partial charge in [-0.3, -0.25) is 10.1 Å². The Bertz CT molecular complexity index is 727. The number of carbonyl (C=O) groups excluding carboxylic acids is 1. The normalized spacial score (nSPS) is 14.9. The third kappa shape index (κ3) is 3.50. The molecule has 0 spiro atoms. The Labute approximate surface area is 139 Å². The Morgan fingerprint density at radius 3 is 2.96 bits per heavy atom. The SMILES string of the molecule is Cc1cc(O[C@@H](C)C(=O)Nc2onc3c2CCCC3)ccc1Cl. The van der Waals surface area contributed by atoms with E-state index in [0.717, 1.165) is 42.5 Å². The molecule has 1 heterocycles. The third-order valence-electron chi connectivity index (χ3n) is 4.01. The minimum Gasteiger partial charge on any atom is -0.481 e. The standard InChI is InChI=1S/C17H19ClN2O3/c1-10-9-12(7-8-14(10)18)22-11(2)16(21)19-17-13-5-3-4-6-15(13)20-23-17/h7-9,11H,3-6H2,1-2H3,(H,19,21)/t11-/m0/s1. The van der Waals surface area contributed by atoms with Crippen LogP contribution >= 0.6 is 11.6 Å². The summed E-state index contributed by atoms with van der Waals surface area (Å²) >= 11 is 5.99. The molecule has 122 valence electrons. The van der Waals surface area contributed by atoms with Crippen molar-refractivity contribution in [3.05, 3.63) is 40.0 Å². The number of benzene rings is 1. The second-order valence-corrected chi connectivity index (χ2v) is 6.21. The number of halogens is 1. The van der Waals surface area contributed by atoms with Crippen LogP contribution in [0.15, 0.2) is 22.7 Å². The van der Waals surface area contributed by atoms with Crippen LogP contribution in [0, 0.1) is 6.92 Å². The van der Waals surface area contributed by atoms with E-state index in [-0.39, 0.29) is 5.91 Å². The zero-order valence-electron chi connectivity index (χ0n) is 13.2. The molecule has 1 aliphatic rings. The molecule has 1 N–H and O–H groups in total. The van der Waals surface area contributed by atoms with Crippen LogP contribution in [-0.2, 0) is 17.6 Å². The molecular formula is C17H19ClN2O3. The fourth-order valence-electron chi connectivity index (χ4n) is 2.65. The van der Waals surface area contributed by atoms with Gasteiger partial charge in [-0.15, -0.1) is 0 Å². The Hall–Kier alpha value is -2.01. The largest absolute Gasteiger partial charge is 0.481 e. The van der Waals surface area contributed by atoms with Gasteiger partial charge in [0.1, 0.15) is 5.75 Å². The first-order valence-corrected chi connectivity index (χ1v) is 8.13. The number of aryl methyl sites for hydroxylation is 2. The van der Waals surface area contributed by atoms with Gasteiger partial charge in [0, 0.05) is 10.6 Å². The molecule has 1 atom stereocenters. The number of nitrogens with one attached hydrogen (secondary N) is 1. The zero-order chi connectivity index (χ0) is 16.4. The Kier molecular flexibility index (Phi) is 4.57. The van der Waals surface area contributed by atoms with Crippen LogP contribution in [-0.4, -0.2) is 17.2 Å². The lowest BCUT2D eigenvalue weighted by atomic mass is 9.98. The maximum absolute atomic E-state index is 12.3. The van der Waals surface area contributed by atoms with Crippen LogP contribution in [0.1, 0.15) is 36.6 Å². The van der Waals surface area contributed by atoms with E-state index in [1.807, 2.05) is 13.0 Å². The van der Waals surface area contributed by atoms with Crippen molar-refractivity contribution < 1.29 is 14.1 Å². The highest BCUT2D eigenvalue weighted by molar-refractivity contribution is 6.31. The number of aromatic nitrogens is 1. The van der Waals surface area contributed by atoms with Crippen LogP contribution in [0.3, 0.4) is 0 Å². The quantitative estimate of drug-likeness (QED) is 0.920. The molecule has 1 aromatic heterocycles. The van der Waals surface area contributed by atoms with Crippen LogP contribution < -0.4 is 10.1 Å². The van der Waals surface area contributed by atoms with Crippen molar-refractivity contribution in [2.45, 2.75) is 45.6 Å². The summed E-state index contributed by atoms with van der Waals surface area (Å²) in [6.07, 6.45) is 3.35. The number of anilines is 1. The minimum absolute atomic E-state index is 0.262. The predicted molar refractivity (Wildman–Crippen MR) is 88.1 cm³/mol. The first-order valence-electron chi connectivity index (χ1n) is 7.75. The first kappa shape index (κ1) is 15.9. The van der Waals surface area contributed by atoms with Gasteiger partial charge >= 0.3 is 0 Å². The molecule has 1 aromatic carbocycles.